The Morgan fingerprint density at radius 1 is 1.39 bits per heavy atom. The molecule has 0 aromatic heterocycles. The van der Waals surface area contributed by atoms with Crippen molar-refractivity contribution in [3.63, 3.8) is 0 Å². The summed E-state index contributed by atoms with van der Waals surface area (Å²) < 4.78 is 32.2. The second-order valence-electron chi connectivity index (χ2n) is 6.45. The minimum absolute atomic E-state index is 0. The Kier molecular flexibility index (Phi) is 11.4. The van der Waals surface area contributed by atoms with E-state index in [-0.39, 0.29) is 54.4 Å². The maximum atomic E-state index is 12.0. The molecule has 0 aliphatic carbocycles. The zero-order valence-corrected chi connectivity index (χ0v) is 20.3. The summed E-state index contributed by atoms with van der Waals surface area (Å²) in [5, 5.41) is 4.06. The number of rotatable bonds is 8. The molecule has 1 aliphatic heterocycles. The maximum absolute atomic E-state index is 12.0. The van der Waals surface area contributed by atoms with Crippen molar-refractivity contribution in [2.75, 3.05) is 25.4 Å². The third-order valence-corrected chi connectivity index (χ3v) is 6.13. The van der Waals surface area contributed by atoms with E-state index in [0.29, 0.717) is 23.2 Å². The van der Waals surface area contributed by atoms with Gasteiger partial charge in [0.2, 0.25) is 10.0 Å². The van der Waals surface area contributed by atoms with Gasteiger partial charge in [-0.15, -0.1) is 24.0 Å². The van der Waals surface area contributed by atoms with Crippen LogP contribution in [0.1, 0.15) is 37.8 Å². The zero-order valence-electron chi connectivity index (χ0n) is 15.7. The number of sulfonamides is 1. The first-order valence-corrected chi connectivity index (χ1v) is 11.3. The lowest BCUT2D eigenvalue weighted by Crippen LogP contribution is -2.38. The largest absolute Gasteiger partial charge is 0.377 e. The van der Waals surface area contributed by atoms with Crippen LogP contribution in [0.3, 0.4) is 0 Å². The average Bonchev–Trinajstić information content (AvgIpc) is 2.60. The van der Waals surface area contributed by atoms with E-state index in [1.165, 1.54) is 0 Å². The van der Waals surface area contributed by atoms with E-state index < -0.39 is 10.0 Å². The molecule has 11 heteroatoms. The molecule has 0 spiro atoms. The summed E-state index contributed by atoms with van der Waals surface area (Å²) in [4.78, 5) is 4.08. The number of hydrogen-bond acceptors (Lipinski definition) is 4. The van der Waals surface area contributed by atoms with Crippen LogP contribution in [-0.2, 0) is 14.8 Å². The smallest absolute Gasteiger partial charge is 0.213 e. The van der Waals surface area contributed by atoms with Gasteiger partial charge in [0.25, 0.3) is 0 Å². The summed E-state index contributed by atoms with van der Waals surface area (Å²) in [6.45, 7) is 2.92. The normalized spacial score (nSPS) is 19.0. The molecule has 4 N–H and O–H groups in total. The molecule has 2 atom stereocenters. The van der Waals surface area contributed by atoms with E-state index in [9.17, 15) is 8.42 Å². The number of aliphatic imine (C=N–C) groups is 1. The van der Waals surface area contributed by atoms with E-state index in [2.05, 4.69) is 15.0 Å². The van der Waals surface area contributed by atoms with E-state index in [4.69, 9.17) is 33.7 Å². The Balaban J connectivity index is 0.00000392. The second-order valence-corrected chi connectivity index (χ2v) is 9.22. The Bertz CT molecular complexity index is 759. The number of benzene rings is 1. The molecule has 1 heterocycles. The van der Waals surface area contributed by atoms with Crippen molar-refractivity contribution < 1.29 is 13.2 Å². The Morgan fingerprint density at radius 3 is 2.79 bits per heavy atom. The van der Waals surface area contributed by atoms with E-state index in [1.807, 2.05) is 6.92 Å². The molecule has 0 amide bonds. The van der Waals surface area contributed by atoms with Gasteiger partial charge in [0.1, 0.15) is 0 Å². The lowest BCUT2D eigenvalue weighted by Gasteiger charge is -2.22. The molecule has 1 aromatic carbocycles. The summed E-state index contributed by atoms with van der Waals surface area (Å²) in [6.07, 6.45) is 2.93. The molecular weight excluding hydrogens is 538 g/mol. The molecule has 28 heavy (non-hydrogen) atoms. The molecule has 160 valence electrons. The summed E-state index contributed by atoms with van der Waals surface area (Å²) in [5.74, 6) is 0.0115. The van der Waals surface area contributed by atoms with Gasteiger partial charge in [0.05, 0.1) is 24.4 Å². The zero-order chi connectivity index (χ0) is 19.9. The standard InChI is InChI=1S/C17H26Cl2N4O3S.HI/c1-12(15-6-5-13(18)10-16(15)19)23-17(20)21-7-9-27(24,25)22-11-14-4-2-3-8-26-14;/h5-6,10,12,14,22H,2-4,7-9,11H2,1H3,(H3,20,21,23);1H. The quantitative estimate of drug-likeness (QED) is 0.256. The fraction of sp³-hybridized carbons (Fsp3) is 0.588. The minimum atomic E-state index is -3.42. The number of hydrogen-bond donors (Lipinski definition) is 3. The summed E-state index contributed by atoms with van der Waals surface area (Å²) in [7, 11) is -3.42. The van der Waals surface area contributed by atoms with Crippen LogP contribution in [0.25, 0.3) is 0 Å². The highest BCUT2D eigenvalue weighted by molar-refractivity contribution is 14.0. The third kappa shape index (κ3) is 9.00. The first-order chi connectivity index (χ1) is 12.8. The van der Waals surface area contributed by atoms with Gasteiger partial charge in [-0.25, -0.2) is 13.1 Å². The number of halogens is 3. The molecule has 7 nitrogen and oxygen atoms in total. The van der Waals surface area contributed by atoms with E-state index >= 15 is 0 Å². The highest BCUT2D eigenvalue weighted by Gasteiger charge is 2.17. The first-order valence-electron chi connectivity index (χ1n) is 8.87. The Morgan fingerprint density at radius 2 is 2.14 bits per heavy atom. The molecule has 1 aromatic rings. The lowest BCUT2D eigenvalue weighted by molar-refractivity contribution is 0.0200. The molecule has 1 fully saturated rings. The topological polar surface area (TPSA) is 106 Å². The highest BCUT2D eigenvalue weighted by atomic mass is 127. The van der Waals surface area contributed by atoms with E-state index in [1.54, 1.807) is 18.2 Å². The molecule has 1 aliphatic rings. The van der Waals surface area contributed by atoms with Crippen LogP contribution in [0.15, 0.2) is 23.2 Å². The monoisotopic (exact) mass is 564 g/mol. The van der Waals surface area contributed by atoms with Crippen LogP contribution in [-0.4, -0.2) is 45.9 Å². The number of nitrogens with one attached hydrogen (secondary N) is 2. The fourth-order valence-electron chi connectivity index (χ4n) is 2.74. The molecule has 0 saturated carbocycles. The van der Waals surface area contributed by atoms with Crippen LogP contribution in [0.5, 0.6) is 0 Å². The number of nitrogens with two attached hydrogens (primary N) is 1. The van der Waals surface area contributed by atoms with Crippen LogP contribution in [0.4, 0.5) is 0 Å². The van der Waals surface area contributed by atoms with Crippen molar-refractivity contribution in [1.29, 1.82) is 0 Å². The Labute approximate surface area is 193 Å². The van der Waals surface area contributed by atoms with Crippen LogP contribution in [0, 0.1) is 0 Å². The van der Waals surface area contributed by atoms with Crippen molar-refractivity contribution in [2.24, 2.45) is 10.7 Å². The van der Waals surface area contributed by atoms with Gasteiger partial charge in [-0.2, -0.15) is 0 Å². The fourth-order valence-corrected chi connectivity index (χ4v) is 4.23. The minimum Gasteiger partial charge on any atom is -0.377 e. The van der Waals surface area contributed by atoms with Gasteiger partial charge in [-0.1, -0.05) is 29.3 Å². The van der Waals surface area contributed by atoms with Crippen molar-refractivity contribution in [2.45, 2.75) is 38.3 Å². The highest BCUT2D eigenvalue weighted by Crippen LogP contribution is 2.25. The maximum Gasteiger partial charge on any atom is 0.213 e. The molecule has 2 rings (SSSR count). The van der Waals surface area contributed by atoms with Gasteiger partial charge >= 0.3 is 0 Å². The lowest BCUT2D eigenvalue weighted by atomic mass is 10.1. The van der Waals surface area contributed by atoms with Gasteiger partial charge in [0, 0.05) is 23.2 Å². The van der Waals surface area contributed by atoms with Crippen LogP contribution >= 0.6 is 47.2 Å². The van der Waals surface area contributed by atoms with E-state index in [0.717, 1.165) is 24.8 Å². The number of nitrogens with zero attached hydrogens (tertiary/aromatic N) is 1. The van der Waals surface area contributed by atoms with Gasteiger partial charge < -0.3 is 15.8 Å². The van der Waals surface area contributed by atoms with Crippen molar-refractivity contribution >= 4 is 63.2 Å². The molecule has 0 radical (unpaired) electrons. The second kappa shape index (κ2) is 12.4. The molecule has 2 unspecified atom stereocenters. The predicted molar refractivity (Wildman–Crippen MR) is 125 cm³/mol. The summed E-state index contributed by atoms with van der Waals surface area (Å²) in [6, 6.07) is 5.00. The van der Waals surface area contributed by atoms with Crippen LogP contribution < -0.4 is 15.8 Å². The van der Waals surface area contributed by atoms with Gasteiger partial charge in [-0.3, -0.25) is 4.99 Å². The van der Waals surface area contributed by atoms with Crippen LogP contribution in [0.2, 0.25) is 10.0 Å². The first kappa shape index (κ1) is 25.7. The number of ether oxygens (including phenoxy) is 1. The molecule has 0 bridgehead atoms. The predicted octanol–water partition coefficient (Wildman–Crippen LogP) is 3.07. The summed E-state index contributed by atoms with van der Waals surface area (Å²) in [5.41, 5.74) is 6.67. The SMILES string of the molecule is CC(NC(N)=NCCS(=O)(=O)NCC1CCCCO1)c1ccc(Cl)cc1Cl.I. The molecule has 1 saturated heterocycles. The summed E-state index contributed by atoms with van der Waals surface area (Å²) >= 11 is 12.1. The van der Waals surface area contributed by atoms with Gasteiger partial charge in [-0.05, 0) is 43.9 Å². The average molecular weight is 565 g/mol. The van der Waals surface area contributed by atoms with Crippen molar-refractivity contribution in [1.82, 2.24) is 10.0 Å². The molecular formula is C17H27Cl2IN4O3S. The Hall–Kier alpha value is -0.330. The van der Waals surface area contributed by atoms with Crippen molar-refractivity contribution in [3.05, 3.63) is 33.8 Å². The van der Waals surface area contributed by atoms with Crippen molar-refractivity contribution in [3.8, 4) is 0 Å². The number of guanidine groups is 1. The van der Waals surface area contributed by atoms with Gasteiger partial charge in [0.15, 0.2) is 5.96 Å². The third-order valence-electron chi connectivity index (χ3n) is 4.24.